The van der Waals surface area contributed by atoms with Crippen LogP contribution in [0.15, 0.2) is 42.9 Å². The molecular formula is C22H22F2N6O3. The van der Waals surface area contributed by atoms with E-state index in [2.05, 4.69) is 9.97 Å². The van der Waals surface area contributed by atoms with Gasteiger partial charge in [0.2, 0.25) is 0 Å². The zero-order chi connectivity index (χ0) is 23.2. The van der Waals surface area contributed by atoms with Gasteiger partial charge >= 0.3 is 6.09 Å². The third kappa shape index (κ3) is 3.99. The molecule has 5 heterocycles. The second-order valence-electron chi connectivity index (χ2n) is 8.20. The van der Waals surface area contributed by atoms with Gasteiger partial charge in [-0.2, -0.15) is 0 Å². The van der Waals surface area contributed by atoms with Crippen LogP contribution in [-0.4, -0.2) is 69.6 Å². The van der Waals surface area contributed by atoms with E-state index in [0.717, 1.165) is 11.1 Å². The standard InChI is InChI=1S/C22H22F2N6O3/c23-22(24)4-7-28(8-5-22)20(31)15-9-14-3-6-29(19(14)27-11-15)16-1-2-18(26-12-16)30-13-17(10-25)33-21(30)32/h1-3,6,9,11-12,17H,4-5,7-8,10,13,25H2. The summed E-state index contributed by atoms with van der Waals surface area (Å²) in [6.07, 6.45) is 3.41. The first-order valence-corrected chi connectivity index (χ1v) is 10.6. The van der Waals surface area contributed by atoms with Crippen molar-refractivity contribution in [1.82, 2.24) is 19.4 Å². The number of piperidine rings is 1. The first kappa shape index (κ1) is 21.3. The number of fused-ring (bicyclic) bond motifs is 1. The summed E-state index contributed by atoms with van der Waals surface area (Å²) in [6, 6.07) is 7.05. The maximum atomic E-state index is 13.4. The largest absolute Gasteiger partial charge is 0.443 e. The van der Waals surface area contributed by atoms with E-state index in [1.165, 1.54) is 16.0 Å². The number of hydrogen-bond acceptors (Lipinski definition) is 6. The van der Waals surface area contributed by atoms with Crippen LogP contribution in [-0.2, 0) is 4.74 Å². The Morgan fingerprint density at radius 1 is 1.18 bits per heavy atom. The van der Waals surface area contributed by atoms with Crippen LogP contribution in [0.3, 0.4) is 0 Å². The summed E-state index contributed by atoms with van der Waals surface area (Å²) in [4.78, 5) is 36.4. The minimum atomic E-state index is -2.71. The van der Waals surface area contributed by atoms with Crippen molar-refractivity contribution in [1.29, 1.82) is 0 Å². The van der Waals surface area contributed by atoms with Gasteiger partial charge in [-0.1, -0.05) is 0 Å². The lowest BCUT2D eigenvalue weighted by Gasteiger charge is -2.31. The Morgan fingerprint density at radius 3 is 2.64 bits per heavy atom. The molecule has 2 saturated heterocycles. The Kier molecular flexibility index (Phi) is 5.20. The molecule has 0 aromatic carbocycles. The van der Waals surface area contributed by atoms with Gasteiger partial charge in [-0.15, -0.1) is 0 Å². The number of amides is 2. The zero-order valence-corrected chi connectivity index (χ0v) is 17.7. The van der Waals surface area contributed by atoms with Crippen molar-refractivity contribution >= 4 is 28.9 Å². The highest BCUT2D eigenvalue weighted by atomic mass is 19.3. The molecule has 2 fully saturated rings. The van der Waals surface area contributed by atoms with Crippen molar-refractivity contribution in [3.63, 3.8) is 0 Å². The Bertz CT molecular complexity index is 1200. The molecule has 0 saturated carbocycles. The van der Waals surface area contributed by atoms with Gasteiger partial charge < -0.3 is 15.4 Å². The number of cyclic esters (lactones) is 1. The topological polar surface area (TPSA) is 107 Å². The van der Waals surface area contributed by atoms with E-state index in [9.17, 15) is 18.4 Å². The monoisotopic (exact) mass is 456 g/mol. The Morgan fingerprint density at radius 2 is 1.97 bits per heavy atom. The normalized spacial score (nSPS) is 20.3. The van der Waals surface area contributed by atoms with Gasteiger partial charge in [0.25, 0.3) is 11.8 Å². The summed E-state index contributed by atoms with van der Waals surface area (Å²) in [7, 11) is 0. The van der Waals surface area contributed by atoms with Crippen molar-refractivity contribution < 1.29 is 23.1 Å². The predicted molar refractivity (Wildman–Crippen MR) is 116 cm³/mol. The van der Waals surface area contributed by atoms with Crippen LogP contribution in [0.4, 0.5) is 19.4 Å². The van der Waals surface area contributed by atoms with Crippen LogP contribution in [0.2, 0.25) is 0 Å². The second-order valence-corrected chi connectivity index (χ2v) is 8.20. The van der Waals surface area contributed by atoms with Crippen LogP contribution in [0.1, 0.15) is 23.2 Å². The SMILES string of the molecule is NCC1CN(c2ccc(-n3ccc4cc(C(=O)N5CCC(F)(F)CC5)cnc43)cn2)C(=O)O1. The molecule has 1 atom stereocenters. The number of carbonyl (C=O) groups is 2. The molecule has 2 aliphatic heterocycles. The van der Waals surface area contributed by atoms with Gasteiger partial charge in [-0.3, -0.25) is 14.3 Å². The Hall–Kier alpha value is -3.60. The van der Waals surface area contributed by atoms with Crippen molar-refractivity contribution in [3.8, 4) is 5.69 Å². The van der Waals surface area contributed by atoms with Crippen LogP contribution >= 0.6 is 0 Å². The van der Waals surface area contributed by atoms with Crippen molar-refractivity contribution in [2.24, 2.45) is 5.73 Å². The maximum Gasteiger partial charge on any atom is 0.415 e. The van der Waals surface area contributed by atoms with E-state index in [-0.39, 0.29) is 44.5 Å². The number of nitrogens with two attached hydrogens (primary N) is 1. The summed E-state index contributed by atoms with van der Waals surface area (Å²) in [5, 5.41) is 0.737. The molecule has 0 radical (unpaired) electrons. The molecule has 33 heavy (non-hydrogen) atoms. The molecule has 0 spiro atoms. The smallest absolute Gasteiger partial charge is 0.415 e. The number of anilines is 1. The lowest BCUT2D eigenvalue weighted by molar-refractivity contribution is -0.0494. The fraction of sp³-hybridized carbons (Fsp3) is 0.364. The van der Waals surface area contributed by atoms with Crippen molar-refractivity contribution in [3.05, 3.63) is 48.4 Å². The number of likely N-dealkylation sites (tertiary alicyclic amines) is 1. The number of pyridine rings is 2. The molecule has 11 heteroatoms. The molecule has 3 aromatic heterocycles. The first-order valence-electron chi connectivity index (χ1n) is 10.6. The fourth-order valence-corrected chi connectivity index (χ4v) is 4.08. The van der Waals surface area contributed by atoms with Gasteiger partial charge in [0.1, 0.15) is 17.6 Å². The van der Waals surface area contributed by atoms with E-state index in [1.807, 2.05) is 10.6 Å². The molecule has 3 aromatic rings. The second kappa shape index (κ2) is 8.07. The number of nitrogens with zero attached hydrogens (tertiary/aromatic N) is 5. The number of halogens is 2. The number of alkyl halides is 2. The Balaban J connectivity index is 1.35. The highest BCUT2D eigenvalue weighted by molar-refractivity contribution is 5.97. The Labute approximate surface area is 187 Å². The molecule has 0 bridgehead atoms. The maximum absolute atomic E-state index is 13.4. The number of carbonyl (C=O) groups excluding carboxylic acids is 2. The molecule has 2 N–H and O–H groups in total. The predicted octanol–water partition coefficient (Wildman–Crippen LogP) is 2.58. The number of hydrogen-bond donors (Lipinski definition) is 1. The summed E-state index contributed by atoms with van der Waals surface area (Å²) in [5.74, 6) is -2.54. The quantitative estimate of drug-likeness (QED) is 0.647. The number of rotatable bonds is 4. The van der Waals surface area contributed by atoms with Gasteiger partial charge in [0.15, 0.2) is 0 Å². The molecule has 1 unspecified atom stereocenters. The van der Waals surface area contributed by atoms with E-state index >= 15 is 0 Å². The lowest BCUT2D eigenvalue weighted by atomic mass is 10.1. The molecule has 172 valence electrons. The van der Waals surface area contributed by atoms with Crippen LogP contribution in [0.25, 0.3) is 16.7 Å². The molecule has 2 aliphatic rings. The summed E-state index contributed by atoms with van der Waals surface area (Å²) < 4.78 is 33.8. The van der Waals surface area contributed by atoms with Crippen LogP contribution in [0.5, 0.6) is 0 Å². The fourth-order valence-electron chi connectivity index (χ4n) is 4.08. The van der Waals surface area contributed by atoms with Gasteiger partial charge in [-0.05, 0) is 24.3 Å². The first-order chi connectivity index (χ1) is 15.8. The molecule has 5 rings (SSSR count). The van der Waals surface area contributed by atoms with Crippen LogP contribution < -0.4 is 10.6 Å². The minimum absolute atomic E-state index is 0.0273. The van der Waals surface area contributed by atoms with E-state index < -0.39 is 12.0 Å². The number of ether oxygens (including phenoxy) is 1. The van der Waals surface area contributed by atoms with E-state index in [4.69, 9.17) is 10.5 Å². The third-order valence-corrected chi connectivity index (χ3v) is 5.98. The van der Waals surface area contributed by atoms with E-state index in [1.54, 1.807) is 30.6 Å². The minimum Gasteiger partial charge on any atom is -0.443 e. The lowest BCUT2D eigenvalue weighted by Crippen LogP contribution is -2.42. The van der Waals surface area contributed by atoms with Crippen molar-refractivity contribution in [2.45, 2.75) is 24.9 Å². The van der Waals surface area contributed by atoms with Crippen LogP contribution in [0, 0.1) is 0 Å². The zero-order valence-electron chi connectivity index (χ0n) is 17.7. The highest BCUT2D eigenvalue weighted by Gasteiger charge is 2.36. The molecule has 9 nitrogen and oxygen atoms in total. The summed E-state index contributed by atoms with van der Waals surface area (Å²) >= 11 is 0. The van der Waals surface area contributed by atoms with Crippen molar-refractivity contribution in [2.75, 3.05) is 31.1 Å². The van der Waals surface area contributed by atoms with E-state index in [0.29, 0.717) is 23.6 Å². The number of aromatic nitrogens is 3. The van der Waals surface area contributed by atoms with Gasteiger partial charge in [0.05, 0.1) is 24.0 Å². The molecular weight excluding hydrogens is 434 g/mol. The summed E-state index contributed by atoms with van der Waals surface area (Å²) in [6.45, 7) is 0.649. The van der Waals surface area contributed by atoms with Gasteiger partial charge in [0, 0.05) is 50.3 Å². The van der Waals surface area contributed by atoms with Gasteiger partial charge in [-0.25, -0.2) is 23.5 Å². The molecule has 2 amide bonds. The average molecular weight is 456 g/mol. The summed E-state index contributed by atoms with van der Waals surface area (Å²) in [5.41, 5.74) is 7.28. The third-order valence-electron chi connectivity index (χ3n) is 5.98. The highest BCUT2D eigenvalue weighted by Crippen LogP contribution is 2.29. The molecule has 0 aliphatic carbocycles. The average Bonchev–Trinajstić information content (AvgIpc) is 3.41.